The zero-order valence-corrected chi connectivity index (χ0v) is 18.5. The average Bonchev–Trinajstić information content (AvgIpc) is 2.61. The predicted octanol–water partition coefficient (Wildman–Crippen LogP) is 4.61. The third-order valence-corrected chi connectivity index (χ3v) is 6.49. The van der Waals surface area contributed by atoms with Crippen LogP contribution in [0.15, 0.2) is 47.4 Å². The molecule has 0 aliphatic rings. The van der Waals surface area contributed by atoms with E-state index in [1.807, 2.05) is 13.8 Å². The fraction of sp³-hybridized carbons (Fsp3) is 0.316. The summed E-state index contributed by atoms with van der Waals surface area (Å²) >= 11 is 18.0. The number of carbonyl (C=O) groups excluding carboxylic acids is 1. The van der Waals surface area contributed by atoms with Gasteiger partial charge in [-0.05, 0) is 47.9 Å². The third kappa shape index (κ3) is 6.36. The second-order valence-electron chi connectivity index (χ2n) is 6.66. The molecule has 1 N–H and O–H groups in total. The van der Waals surface area contributed by atoms with Crippen LogP contribution in [-0.4, -0.2) is 31.7 Å². The van der Waals surface area contributed by atoms with Crippen molar-refractivity contribution in [2.45, 2.75) is 25.3 Å². The minimum absolute atomic E-state index is 0.0404. The van der Waals surface area contributed by atoms with Crippen LogP contribution in [-0.2, 0) is 21.4 Å². The second kappa shape index (κ2) is 9.94. The number of halogens is 3. The molecule has 0 radical (unpaired) electrons. The molecule has 28 heavy (non-hydrogen) atoms. The van der Waals surface area contributed by atoms with Gasteiger partial charge in [-0.15, -0.1) is 0 Å². The Morgan fingerprint density at radius 2 is 1.64 bits per heavy atom. The minimum Gasteiger partial charge on any atom is -0.355 e. The van der Waals surface area contributed by atoms with Crippen LogP contribution in [0.5, 0.6) is 0 Å². The summed E-state index contributed by atoms with van der Waals surface area (Å²) in [5.74, 6) is -0.146. The number of rotatable bonds is 8. The molecule has 0 heterocycles. The third-order valence-electron chi connectivity index (χ3n) is 3.84. The van der Waals surface area contributed by atoms with E-state index in [0.29, 0.717) is 27.2 Å². The predicted molar refractivity (Wildman–Crippen MR) is 113 cm³/mol. The van der Waals surface area contributed by atoms with Crippen LogP contribution >= 0.6 is 34.8 Å². The van der Waals surface area contributed by atoms with Crippen LogP contribution in [0.4, 0.5) is 0 Å². The second-order valence-corrected chi connectivity index (χ2v) is 9.88. The van der Waals surface area contributed by atoms with Crippen molar-refractivity contribution in [1.29, 1.82) is 0 Å². The van der Waals surface area contributed by atoms with Crippen LogP contribution in [0.1, 0.15) is 19.4 Å². The SMILES string of the molecule is CC(C)CNC(=O)CN(Cc1ccc(Cl)cc1Cl)S(=O)(=O)c1ccc(Cl)cc1. The van der Waals surface area contributed by atoms with E-state index in [2.05, 4.69) is 5.32 Å². The van der Waals surface area contributed by atoms with Gasteiger partial charge in [0, 0.05) is 28.2 Å². The van der Waals surface area contributed by atoms with E-state index in [4.69, 9.17) is 34.8 Å². The Balaban J connectivity index is 2.34. The number of hydrogen-bond acceptors (Lipinski definition) is 3. The first-order valence-electron chi connectivity index (χ1n) is 8.56. The lowest BCUT2D eigenvalue weighted by Gasteiger charge is -2.23. The number of sulfonamides is 1. The Hall–Kier alpha value is -1.31. The Labute approximate surface area is 180 Å². The summed E-state index contributed by atoms with van der Waals surface area (Å²) in [5.41, 5.74) is 0.542. The summed E-state index contributed by atoms with van der Waals surface area (Å²) < 4.78 is 27.4. The van der Waals surface area contributed by atoms with Crippen LogP contribution in [0.25, 0.3) is 0 Å². The molecule has 5 nitrogen and oxygen atoms in total. The zero-order chi connectivity index (χ0) is 20.9. The van der Waals surface area contributed by atoms with E-state index in [1.54, 1.807) is 12.1 Å². The van der Waals surface area contributed by atoms with Crippen molar-refractivity contribution < 1.29 is 13.2 Å². The largest absolute Gasteiger partial charge is 0.355 e. The molecule has 0 spiro atoms. The average molecular weight is 464 g/mol. The molecule has 152 valence electrons. The highest BCUT2D eigenvalue weighted by Crippen LogP contribution is 2.25. The Morgan fingerprint density at radius 1 is 1.04 bits per heavy atom. The first-order chi connectivity index (χ1) is 13.1. The van der Waals surface area contributed by atoms with Crippen molar-refractivity contribution in [2.75, 3.05) is 13.1 Å². The lowest BCUT2D eigenvalue weighted by molar-refractivity contribution is -0.121. The Kier molecular flexibility index (Phi) is 8.16. The first-order valence-corrected chi connectivity index (χ1v) is 11.1. The van der Waals surface area contributed by atoms with E-state index < -0.39 is 15.9 Å². The maximum atomic E-state index is 13.1. The van der Waals surface area contributed by atoms with Gasteiger partial charge in [-0.1, -0.05) is 54.7 Å². The molecule has 0 aliphatic carbocycles. The van der Waals surface area contributed by atoms with Crippen LogP contribution in [0.2, 0.25) is 15.1 Å². The van der Waals surface area contributed by atoms with Crippen LogP contribution in [0, 0.1) is 5.92 Å². The Morgan fingerprint density at radius 3 is 2.21 bits per heavy atom. The summed E-state index contributed by atoms with van der Waals surface area (Å²) in [6.07, 6.45) is 0. The lowest BCUT2D eigenvalue weighted by Crippen LogP contribution is -2.41. The van der Waals surface area contributed by atoms with E-state index in [1.165, 1.54) is 30.3 Å². The highest BCUT2D eigenvalue weighted by atomic mass is 35.5. The molecule has 0 aromatic heterocycles. The standard InChI is InChI=1S/C19H21Cl3N2O3S/c1-13(2)10-23-19(25)12-24(11-14-3-4-16(21)9-18(14)22)28(26,27)17-7-5-15(20)6-8-17/h3-9,13H,10-12H2,1-2H3,(H,23,25). The molecule has 1 amide bonds. The highest BCUT2D eigenvalue weighted by molar-refractivity contribution is 7.89. The van der Waals surface area contributed by atoms with Crippen molar-refractivity contribution >= 4 is 50.7 Å². The molecule has 0 fully saturated rings. The van der Waals surface area contributed by atoms with Crippen molar-refractivity contribution in [2.24, 2.45) is 5.92 Å². The van der Waals surface area contributed by atoms with Crippen molar-refractivity contribution in [3.05, 3.63) is 63.1 Å². The van der Waals surface area contributed by atoms with Gasteiger partial charge in [-0.2, -0.15) is 4.31 Å². The normalized spacial score (nSPS) is 11.8. The van der Waals surface area contributed by atoms with Gasteiger partial charge in [0.2, 0.25) is 15.9 Å². The highest BCUT2D eigenvalue weighted by Gasteiger charge is 2.27. The monoisotopic (exact) mass is 462 g/mol. The summed E-state index contributed by atoms with van der Waals surface area (Å²) in [4.78, 5) is 12.4. The zero-order valence-electron chi connectivity index (χ0n) is 15.5. The maximum Gasteiger partial charge on any atom is 0.243 e. The first kappa shape index (κ1) is 23.0. The molecule has 0 saturated heterocycles. The number of nitrogens with one attached hydrogen (secondary N) is 1. The molecule has 0 unspecified atom stereocenters. The molecule has 2 rings (SSSR count). The Bertz CT molecular complexity index is 932. The smallest absolute Gasteiger partial charge is 0.243 e. The van der Waals surface area contributed by atoms with Gasteiger partial charge in [0.25, 0.3) is 0 Å². The topological polar surface area (TPSA) is 66.5 Å². The number of amides is 1. The van der Waals surface area contributed by atoms with Crippen molar-refractivity contribution in [3.63, 3.8) is 0 Å². The van der Waals surface area contributed by atoms with Gasteiger partial charge in [-0.3, -0.25) is 4.79 Å². The summed E-state index contributed by atoms with van der Waals surface area (Å²) in [6, 6.07) is 10.6. The quantitative estimate of drug-likeness (QED) is 0.621. The van der Waals surface area contributed by atoms with Gasteiger partial charge in [0.15, 0.2) is 0 Å². The fourth-order valence-corrected chi connectivity index (χ4v) is 4.32. The summed E-state index contributed by atoms with van der Waals surface area (Å²) in [6.45, 7) is 3.95. The summed E-state index contributed by atoms with van der Waals surface area (Å²) in [7, 11) is -3.95. The van der Waals surface area contributed by atoms with E-state index in [0.717, 1.165) is 4.31 Å². The maximum absolute atomic E-state index is 13.1. The van der Waals surface area contributed by atoms with Crippen LogP contribution in [0.3, 0.4) is 0 Å². The molecular formula is C19H21Cl3N2O3S. The van der Waals surface area contributed by atoms with Gasteiger partial charge in [0.1, 0.15) is 0 Å². The molecule has 2 aromatic carbocycles. The summed E-state index contributed by atoms with van der Waals surface area (Å²) in [5, 5.41) is 3.92. The minimum atomic E-state index is -3.95. The van der Waals surface area contributed by atoms with Crippen LogP contribution < -0.4 is 5.32 Å². The van der Waals surface area contributed by atoms with Crippen molar-refractivity contribution in [1.82, 2.24) is 9.62 Å². The molecule has 0 atom stereocenters. The van der Waals surface area contributed by atoms with Gasteiger partial charge in [0.05, 0.1) is 11.4 Å². The van der Waals surface area contributed by atoms with Gasteiger partial charge < -0.3 is 5.32 Å². The number of nitrogens with zero attached hydrogens (tertiary/aromatic N) is 1. The van der Waals surface area contributed by atoms with E-state index in [9.17, 15) is 13.2 Å². The number of benzene rings is 2. The molecule has 0 aliphatic heterocycles. The van der Waals surface area contributed by atoms with E-state index in [-0.39, 0.29) is 23.9 Å². The van der Waals surface area contributed by atoms with Crippen molar-refractivity contribution in [3.8, 4) is 0 Å². The fourth-order valence-electron chi connectivity index (χ4n) is 2.36. The molecule has 0 bridgehead atoms. The number of carbonyl (C=O) groups is 1. The van der Waals surface area contributed by atoms with E-state index >= 15 is 0 Å². The molecule has 2 aromatic rings. The molecule has 0 saturated carbocycles. The molecular weight excluding hydrogens is 443 g/mol. The lowest BCUT2D eigenvalue weighted by atomic mass is 10.2. The van der Waals surface area contributed by atoms with Gasteiger partial charge >= 0.3 is 0 Å². The number of hydrogen-bond donors (Lipinski definition) is 1. The molecule has 9 heteroatoms. The van der Waals surface area contributed by atoms with Gasteiger partial charge in [-0.25, -0.2) is 8.42 Å².